The molecule has 0 amide bonds. The Morgan fingerprint density at radius 1 is 1.07 bits per heavy atom. The van der Waals surface area contributed by atoms with Gasteiger partial charge in [-0.2, -0.15) is 0 Å². The molecule has 0 aliphatic heterocycles. The average Bonchev–Trinajstić information content (AvgIpc) is 2.32. The largest absolute Gasteiger partial charge is 0.103 e. The minimum absolute atomic E-state index is 0.812. The van der Waals surface area contributed by atoms with Gasteiger partial charge < -0.3 is 0 Å². The van der Waals surface area contributed by atoms with Crippen LogP contribution in [0, 0.1) is 5.92 Å². The predicted molar refractivity (Wildman–Crippen MR) is 66.0 cm³/mol. The maximum atomic E-state index is 3.83. The van der Waals surface area contributed by atoms with Crippen LogP contribution >= 0.6 is 0 Å². The van der Waals surface area contributed by atoms with Gasteiger partial charge in [-0.3, -0.25) is 0 Å². The van der Waals surface area contributed by atoms with Crippen molar-refractivity contribution in [2.45, 2.75) is 38.0 Å². The summed E-state index contributed by atoms with van der Waals surface area (Å²) in [6, 6.07) is 11.0. The zero-order valence-corrected chi connectivity index (χ0v) is 9.36. The first-order valence-corrected chi connectivity index (χ1v) is 6.06. The summed E-state index contributed by atoms with van der Waals surface area (Å²) in [5, 5.41) is 0. The Morgan fingerprint density at radius 3 is 2.33 bits per heavy atom. The summed E-state index contributed by atoms with van der Waals surface area (Å²) in [5.41, 5.74) is 1.54. The lowest BCUT2D eigenvalue weighted by Crippen LogP contribution is -2.12. The van der Waals surface area contributed by atoms with Crippen LogP contribution in [-0.2, 0) is 0 Å². The lowest BCUT2D eigenvalue weighted by atomic mass is 9.78. The second-order valence-electron chi connectivity index (χ2n) is 4.65. The van der Waals surface area contributed by atoms with E-state index in [0.717, 1.165) is 11.8 Å². The van der Waals surface area contributed by atoms with Crippen LogP contribution in [0.5, 0.6) is 0 Å². The number of hydrogen-bond acceptors (Lipinski definition) is 0. The van der Waals surface area contributed by atoms with Gasteiger partial charge in [0, 0.05) is 0 Å². The molecule has 0 heterocycles. The Bertz CT molecular complexity index is 291. The second kappa shape index (κ2) is 5.16. The SMILES string of the molecule is C=CCC1CCC(c2ccccc2)CC1. The summed E-state index contributed by atoms with van der Waals surface area (Å²) in [6.07, 6.45) is 8.78. The molecule has 2 rings (SSSR count). The third-order valence-electron chi connectivity index (χ3n) is 3.62. The van der Waals surface area contributed by atoms with Crippen molar-refractivity contribution in [1.29, 1.82) is 0 Å². The Hall–Kier alpha value is -1.04. The van der Waals surface area contributed by atoms with Crippen LogP contribution < -0.4 is 0 Å². The van der Waals surface area contributed by atoms with Crippen molar-refractivity contribution in [3.8, 4) is 0 Å². The van der Waals surface area contributed by atoms with E-state index in [0.29, 0.717) is 0 Å². The smallest absolute Gasteiger partial charge is 0.0162 e. The van der Waals surface area contributed by atoms with Crippen LogP contribution in [0.2, 0.25) is 0 Å². The maximum Gasteiger partial charge on any atom is -0.0162 e. The van der Waals surface area contributed by atoms with Gasteiger partial charge in [-0.1, -0.05) is 36.4 Å². The fourth-order valence-corrected chi connectivity index (χ4v) is 2.69. The molecule has 1 saturated carbocycles. The highest BCUT2D eigenvalue weighted by molar-refractivity contribution is 5.19. The van der Waals surface area contributed by atoms with Crippen LogP contribution in [-0.4, -0.2) is 0 Å². The van der Waals surface area contributed by atoms with E-state index >= 15 is 0 Å². The first kappa shape index (κ1) is 10.5. The number of benzene rings is 1. The number of hydrogen-bond donors (Lipinski definition) is 0. The third-order valence-corrected chi connectivity index (χ3v) is 3.62. The van der Waals surface area contributed by atoms with Crippen LogP contribution in [0.15, 0.2) is 43.0 Å². The van der Waals surface area contributed by atoms with Crippen molar-refractivity contribution in [1.82, 2.24) is 0 Å². The molecular formula is C15H20. The van der Waals surface area contributed by atoms with Gasteiger partial charge in [0.25, 0.3) is 0 Å². The molecule has 0 unspecified atom stereocenters. The minimum Gasteiger partial charge on any atom is -0.103 e. The van der Waals surface area contributed by atoms with Crippen molar-refractivity contribution < 1.29 is 0 Å². The molecule has 15 heavy (non-hydrogen) atoms. The normalized spacial score (nSPS) is 26.1. The molecular weight excluding hydrogens is 180 g/mol. The molecule has 0 spiro atoms. The fourth-order valence-electron chi connectivity index (χ4n) is 2.69. The molecule has 0 atom stereocenters. The molecule has 0 nitrogen and oxygen atoms in total. The van der Waals surface area contributed by atoms with E-state index < -0.39 is 0 Å². The first-order valence-electron chi connectivity index (χ1n) is 6.06. The highest BCUT2D eigenvalue weighted by Crippen LogP contribution is 2.36. The summed E-state index contributed by atoms with van der Waals surface area (Å²) in [4.78, 5) is 0. The zero-order valence-electron chi connectivity index (χ0n) is 9.36. The topological polar surface area (TPSA) is 0 Å². The fraction of sp³-hybridized carbons (Fsp3) is 0.467. The average molecular weight is 200 g/mol. The van der Waals surface area contributed by atoms with Gasteiger partial charge >= 0.3 is 0 Å². The molecule has 0 saturated heterocycles. The molecule has 1 aromatic carbocycles. The lowest BCUT2D eigenvalue weighted by molar-refractivity contribution is 0.328. The Morgan fingerprint density at radius 2 is 1.73 bits per heavy atom. The minimum atomic E-state index is 0.812. The molecule has 0 aromatic heterocycles. The lowest BCUT2D eigenvalue weighted by Gasteiger charge is -2.28. The van der Waals surface area contributed by atoms with Gasteiger partial charge in [0.1, 0.15) is 0 Å². The highest BCUT2D eigenvalue weighted by atomic mass is 14.3. The maximum absolute atomic E-state index is 3.83. The summed E-state index contributed by atoms with van der Waals surface area (Å²) in [7, 11) is 0. The van der Waals surface area contributed by atoms with Crippen molar-refractivity contribution in [2.75, 3.05) is 0 Å². The molecule has 0 bridgehead atoms. The number of rotatable bonds is 3. The molecule has 1 fully saturated rings. The predicted octanol–water partition coefficient (Wildman–Crippen LogP) is 4.54. The third kappa shape index (κ3) is 2.71. The summed E-state index contributed by atoms with van der Waals surface area (Å²) >= 11 is 0. The monoisotopic (exact) mass is 200 g/mol. The zero-order chi connectivity index (χ0) is 10.5. The van der Waals surface area contributed by atoms with Gasteiger partial charge in [-0.05, 0) is 49.5 Å². The van der Waals surface area contributed by atoms with Crippen molar-refractivity contribution >= 4 is 0 Å². The van der Waals surface area contributed by atoms with Gasteiger partial charge in [0.05, 0.1) is 0 Å². The standard InChI is InChI=1S/C15H20/c1-2-6-13-9-11-15(12-10-13)14-7-4-3-5-8-14/h2-5,7-8,13,15H,1,6,9-12H2. The van der Waals surface area contributed by atoms with E-state index in [2.05, 4.69) is 43.0 Å². The Kier molecular flexibility index (Phi) is 3.60. The molecule has 1 aliphatic carbocycles. The Labute approximate surface area is 93.0 Å². The summed E-state index contributed by atoms with van der Waals surface area (Å²) in [6.45, 7) is 3.83. The molecule has 0 radical (unpaired) electrons. The molecule has 80 valence electrons. The van der Waals surface area contributed by atoms with E-state index in [1.54, 1.807) is 0 Å². The van der Waals surface area contributed by atoms with E-state index in [-0.39, 0.29) is 0 Å². The Balaban J connectivity index is 1.91. The second-order valence-corrected chi connectivity index (χ2v) is 4.65. The molecule has 0 N–H and O–H groups in total. The molecule has 0 heteroatoms. The van der Waals surface area contributed by atoms with E-state index in [9.17, 15) is 0 Å². The van der Waals surface area contributed by atoms with Crippen molar-refractivity contribution in [2.24, 2.45) is 5.92 Å². The van der Waals surface area contributed by atoms with Crippen LogP contribution in [0.25, 0.3) is 0 Å². The van der Waals surface area contributed by atoms with Crippen LogP contribution in [0.1, 0.15) is 43.6 Å². The van der Waals surface area contributed by atoms with Crippen LogP contribution in [0.4, 0.5) is 0 Å². The van der Waals surface area contributed by atoms with E-state index in [1.807, 2.05) is 0 Å². The highest BCUT2D eigenvalue weighted by Gasteiger charge is 2.20. The first-order chi connectivity index (χ1) is 7.40. The molecule has 1 aromatic rings. The quantitative estimate of drug-likeness (QED) is 0.628. The summed E-state index contributed by atoms with van der Waals surface area (Å²) < 4.78 is 0. The molecule has 1 aliphatic rings. The van der Waals surface area contributed by atoms with Gasteiger partial charge in [-0.15, -0.1) is 6.58 Å². The van der Waals surface area contributed by atoms with E-state index in [1.165, 1.54) is 37.7 Å². The number of allylic oxidation sites excluding steroid dienone is 1. The van der Waals surface area contributed by atoms with Gasteiger partial charge in [0.15, 0.2) is 0 Å². The van der Waals surface area contributed by atoms with Gasteiger partial charge in [0.2, 0.25) is 0 Å². The van der Waals surface area contributed by atoms with Crippen molar-refractivity contribution in [3.63, 3.8) is 0 Å². The summed E-state index contributed by atoms with van der Waals surface area (Å²) in [5.74, 6) is 1.72. The van der Waals surface area contributed by atoms with Crippen molar-refractivity contribution in [3.05, 3.63) is 48.6 Å². The van der Waals surface area contributed by atoms with Gasteiger partial charge in [-0.25, -0.2) is 0 Å². The van der Waals surface area contributed by atoms with Crippen LogP contribution in [0.3, 0.4) is 0 Å². The van der Waals surface area contributed by atoms with E-state index in [4.69, 9.17) is 0 Å².